The van der Waals surface area contributed by atoms with E-state index < -0.39 is 5.92 Å². The molecule has 3 heteroatoms. The minimum absolute atomic E-state index is 0.0523. The summed E-state index contributed by atoms with van der Waals surface area (Å²) in [4.78, 5) is 38.2. The zero-order valence-electron chi connectivity index (χ0n) is 18.6. The summed E-state index contributed by atoms with van der Waals surface area (Å²) < 4.78 is 0. The molecule has 0 amide bonds. The van der Waals surface area contributed by atoms with Crippen molar-refractivity contribution in [3.63, 3.8) is 0 Å². The van der Waals surface area contributed by atoms with Crippen molar-refractivity contribution in [3.8, 4) is 0 Å². The average molecular weight is 387 g/mol. The molecule has 0 spiro atoms. The zero-order chi connectivity index (χ0) is 21.3. The van der Waals surface area contributed by atoms with E-state index in [1.54, 1.807) is 6.08 Å². The summed E-state index contributed by atoms with van der Waals surface area (Å²) in [7, 11) is 0. The van der Waals surface area contributed by atoms with Gasteiger partial charge in [0.1, 0.15) is 5.78 Å². The summed E-state index contributed by atoms with van der Waals surface area (Å²) in [6, 6.07) is 0. The molecule has 1 rings (SSSR count). The number of carbonyl (C=O) groups excluding carboxylic acids is 3. The van der Waals surface area contributed by atoms with E-state index in [4.69, 9.17) is 0 Å². The van der Waals surface area contributed by atoms with E-state index in [0.717, 1.165) is 31.3 Å². The molecule has 0 heterocycles. The van der Waals surface area contributed by atoms with E-state index in [9.17, 15) is 14.4 Å². The molecule has 0 radical (unpaired) electrons. The van der Waals surface area contributed by atoms with E-state index in [0.29, 0.717) is 19.3 Å². The van der Waals surface area contributed by atoms with Crippen molar-refractivity contribution in [2.75, 3.05) is 0 Å². The molecule has 3 nitrogen and oxygen atoms in total. The first kappa shape index (κ1) is 24.3. The van der Waals surface area contributed by atoms with Crippen molar-refractivity contribution in [2.45, 2.75) is 86.5 Å². The molecule has 0 aromatic rings. The van der Waals surface area contributed by atoms with Crippen LogP contribution in [-0.4, -0.2) is 17.3 Å². The molecule has 0 saturated carbocycles. The van der Waals surface area contributed by atoms with Gasteiger partial charge in [0.05, 0.1) is 5.57 Å². The van der Waals surface area contributed by atoms with Gasteiger partial charge in [-0.3, -0.25) is 14.4 Å². The van der Waals surface area contributed by atoms with Crippen LogP contribution in [0.5, 0.6) is 0 Å². The Bertz CT molecular complexity index is 653. The molecule has 1 unspecified atom stereocenters. The third kappa shape index (κ3) is 8.08. The van der Waals surface area contributed by atoms with E-state index >= 15 is 0 Å². The maximum atomic E-state index is 12.9. The third-order valence-electron chi connectivity index (χ3n) is 5.13. The summed E-state index contributed by atoms with van der Waals surface area (Å²) >= 11 is 0. The highest BCUT2D eigenvalue weighted by Gasteiger charge is 2.40. The molecule has 0 aliphatic heterocycles. The Kier molecular flexibility index (Phi) is 10.3. The van der Waals surface area contributed by atoms with Crippen LogP contribution in [0, 0.1) is 17.8 Å². The molecule has 0 N–H and O–H groups in total. The molecular formula is C25H38O3. The predicted molar refractivity (Wildman–Crippen MR) is 116 cm³/mol. The number of rotatable bonds is 12. The van der Waals surface area contributed by atoms with Gasteiger partial charge in [0, 0.05) is 24.7 Å². The highest BCUT2D eigenvalue weighted by Crippen LogP contribution is 2.34. The number of carbonyl (C=O) groups is 3. The van der Waals surface area contributed by atoms with Crippen molar-refractivity contribution >= 4 is 17.3 Å². The van der Waals surface area contributed by atoms with Gasteiger partial charge in [0.15, 0.2) is 11.6 Å². The summed E-state index contributed by atoms with van der Waals surface area (Å²) in [5.74, 6) is -0.747. The lowest BCUT2D eigenvalue weighted by Gasteiger charge is -2.16. The quantitative estimate of drug-likeness (QED) is 0.228. The predicted octanol–water partition coefficient (Wildman–Crippen LogP) is 6.19. The van der Waals surface area contributed by atoms with Gasteiger partial charge in [0.2, 0.25) is 0 Å². The van der Waals surface area contributed by atoms with Crippen LogP contribution in [0.25, 0.3) is 0 Å². The minimum Gasteiger partial charge on any atom is -0.299 e. The summed E-state index contributed by atoms with van der Waals surface area (Å²) in [6.45, 7) is 12.1. The second-order valence-corrected chi connectivity index (χ2v) is 8.97. The van der Waals surface area contributed by atoms with Gasteiger partial charge in [-0.15, -0.1) is 0 Å². The minimum atomic E-state index is -0.438. The van der Waals surface area contributed by atoms with Crippen molar-refractivity contribution in [1.29, 1.82) is 0 Å². The maximum absolute atomic E-state index is 12.9. The fraction of sp³-hybridized carbons (Fsp3) is 0.640. The Labute approximate surface area is 171 Å². The van der Waals surface area contributed by atoms with Crippen LogP contribution in [0.15, 0.2) is 34.9 Å². The molecule has 156 valence electrons. The van der Waals surface area contributed by atoms with Crippen LogP contribution in [0.2, 0.25) is 0 Å². The summed E-state index contributed by atoms with van der Waals surface area (Å²) in [5.41, 5.74) is 2.70. The van der Waals surface area contributed by atoms with E-state index in [-0.39, 0.29) is 34.8 Å². The fourth-order valence-electron chi connectivity index (χ4n) is 3.60. The Morgan fingerprint density at radius 2 is 1.64 bits per heavy atom. The monoisotopic (exact) mass is 386 g/mol. The van der Waals surface area contributed by atoms with Gasteiger partial charge in [-0.25, -0.2) is 0 Å². The molecule has 0 aromatic carbocycles. The van der Waals surface area contributed by atoms with Gasteiger partial charge in [-0.2, -0.15) is 0 Å². The maximum Gasteiger partial charge on any atom is 0.170 e. The van der Waals surface area contributed by atoms with Gasteiger partial charge in [-0.05, 0) is 52.9 Å². The Morgan fingerprint density at radius 3 is 2.21 bits per heavy atom. The SMILES string of the molecule is CC(C)=CCCCCCC1C(=O)C(C(=O)CC(C)C)=C[C@@H]1C(=O)CC=C(C)C. The molecule has 2 atom stereocenters. The number of unbranched alkanes of at least 4 members (excludes halogenated alkanes) is 3. The van der Waals surface area contributed by atoms with Gasteiger partial charge < -0.3 is 0 Å². The standard InChI is InChI=1S/C25H38O3/c1-17(2)11-9-7-8-10-12-20-21(23(26)14-13-18(3)4)16-22(25(20)28)24(27)15-19(5)6/h11,13,16,19-21H,7-10,12,14-15H2,1-6H3/t20?,21-/m0/s1. The lowest BCUT2D eigenvalue weighted by Crippen LogP contribution is -2.24. The number of ketones is 3. The van der Waals surface area contributed by atoms with Gasteiger partial charge >= 0.3 is 0 Å². The van der Waals surface area contributed by atoms with Crippen molar-refractivity contribution in [2.24, 2.45) is 17.8 Å². The molecule has 1 aliphatic rings. The van der Waals surface area contributed by atoms with Crippen molar-refractivity contribution in [3.05, 3.63) is 34.9 Å². The van der Waals surface area contributed by atoms with Gasteiger partial charge in [0.25, 0.3) is 0 Å². The Balaban J connectivity index is 2.81. The van der Waals surface area contributed by atoms with Crippen LogP contribution < -0.4 is 0 Å². The molecular weight excluding hydrogens is 348 g/mol. The lowest BCUT2D eigenvalue weighted by molar-refractivity contribution is -0.128. The Morgan fingerprint density at radius 1 is 1.00 bits per heavy atom. The number of allylic oxidation sites excluding steroid dienone is 6. The highest BCUT2D eigenvalue weighted by molar-refractivity contribution is 6.23. The zero-order valence-corrected chi connectivity index (χ0v) is 18.6. The van der Waals surface area contributed by atoms with E-state index in [1.807, 2.05) is 33.8 Å². The third-order valence-corrected chi connectivity index (χ3v) is 5.13. The Hall–Kier alpha value is -1.77. The number of hydrogen-bond donors (Lipinski definition) is 0. The average Bonchev–Trinajstić information content (AvgIpc) is 2.92. The normalized spacial score (nSPS) is 18.8. The van der Waals surface area contributed by atoms with Crippen LogP contribution >= 0.6 is 0 Å². The van der Waals surface area contributed by atoms with E-state index in [1.165, 1.54) is 5.57 Å². The van der Waals surface area contributed by atoms with Gasteiger partial charge in [-0.1, -0.05) is 56.1 Å². The van der Waals surface area contributed by atoms with E-state index in [2.05, 4.69) is 19.9 Å². The molecule has 1 aliphatic carbocycles. The second-order valence-electron chi connectivity index (χ2n) is 8.97. The topological polar surface area (TPSA) is 51.2 Å². The summed E-state index contributed by atoms with van der Waals surface area (Å²) in [6.07, 6.45) is 11.3. The first-order valence-corrected chi connectivity index (χ1v) is 10.7. The molecule has 28 heavy (non-hydrogen) atoms. The van der Waals surface area contributed by atoms with Crippen LogP contribution in [0.3, 0.4) is 0 Å². The summed E-state index contributed by atoms with van der Waals surface area (Å²) in [5, 5.41) is 0. The fourth-order valence-corrected chi connectivity index (χ4v) is 3.60. The molecule has 0 aromatic heterocycles. The van der Waals surface area contributed by atoms with Crippen LogP contribution in [-0.2, 0) is 14.4 Å². The molecule has 0 saturated heterocycles. The molecule has 0 bridgehead atoms. The largest absolute Gasteiger partial charge is 0.299 e. The van der Waals surface area contributed by atoms with Crippen molar-refractivity contribution in [1.82, 2.24) is 0 Å². The second kappa shape index (κ2) is 11.9. The lowest BCUT2D eigenvalue weighted by atomic mass is 9.85. The smallest absolute Gasteiger partial charge is 0.170 e. The first-order chi connectivity index (χ1) is 13.1. The highest BCUT2D eigenvalue weighted by atomic mass is 16.2. The molecule has 0 fully saturated rings. The first-order valence-electron chi connectivity index (χ1n) is 10.7. The van der Waals surface area contributed by atoms with Crippen LogP contribution in [0.1, 0.15) is 86.5 Å². The number of Topliss-reactive ketones (excluding diaryl/α,β-unsaturated/α-hetero) is 3. The number of hydrogen-bond acceptors (Lipinski definition) is 3. The van der Waals surface area contributed by atoms with Crippen LogP contribution in [0.4, 0.5) is 0 Å². The van der Waals surface area contributed by atoms with Crippen molar-refractivity contribution < 1.29 is 14.4 Å².